The van der Waals surface area contributed by atoms with E-state index in [4.69, 9.17) is 10.2 Å². The molecule has 3 rings (SSSR count). The molecule has 0 aliphatic carbocycles. The zero-order valence-corrected chi connectivity index (χ0v) is 12.5. The van der Waals surface area contributed by atoms with Gasteiger partial charge in [0.05, 0.1) is 4.47 Å². The Kier molecular flexibility index (Phi) is 3.85. The van der Waals surface area contributed by atoms with Crippen molar-refractivity contribution in [2.45, 2.75) is 18.9 Å². The molecule has 0 aliphatic rings. The number of aromatic nitrogens is 1. The third kappa shape index (κ3) is 2.76. The zero-order valence-electron chi connectivity index (χ0n) is 10.9. The molecule has 0 amide bonds. The predicted octanol–water partition coefficient (Wildman–Crippen LogP) is 4.22. The summed E-state index contributed by atoms with van der Waals surface area (Å²) in [4.78, 5) is 4.49. The number of hydrogen-bond donors (Lipinski definition) is 1. The molecule has 20 heavy (non-hydrogen) atoms. The van der Waals surface area contributed by atoms with Crippen molar-refractivity contribution >= 4 is 27.0 Å². The van der Waals surface area contributed by atoms with Gasteiger partial charge in [-0.25, -0.2) is 4.98 Å². The van der Waals surface area contributed by atoms with Crippen LogP contribution in [-0.4, -0.2) is 4.98 Å². The fourth-order valence-electron chi connectivity index (χ4n) is 2.21. The highest BCUT2D eigenvalue weighted by Crippen LogP contribution is 2.25. The van der Waals surface area contributed by atoms with Crippen LogP contribution < -0.4 is 5.73 Å². The lowest BCUT2D eigenvalue weighted by Crippen LogP contribution is -2.11. The monoisotopic (exact) mass is 330 g/mol. The molecule has 2 aromatic carbocycles. The Labute approximate surface area is 125 Å². The van der Waals surface area contributed by atoms with Crippen LogP contribution in [0.15, 0.2) is 57.4 Å². The Balaban J connectivity index is 1.72. The van der Waals surface area contributed by atoms with Crippen molar-refractivity contribution in [2.75, 3.05) is 0 Å². The summed E-state index contributed by atoms with van der Waals surface area (Å²) in [5.41, 5.74) is 9.01. The molecule has 1 heterocycles. The number of rotatable bonds is 4. The summed E-state index contributed by atoms with van der Waals surface area (Å²) >= 11 is 3.47. The summed E-state index contributed by atoms with van der Waals surface area (Å²) in [7, 11) is 0. The second kappa shape index (κ2) is 5.77. The van der Waals surface area contributed by atoms with Crippen LogP contribution in [0.1, 0.15) is 23.9 Å². The lowest BCUT2D eigenvalue weighted by atomic mass is 10.0. The van der Waals surface area contributed by atoms with Crippen LogP contribution in [-0.2, 0) is 6.42 Å². The number of nitrogens with two attached hydrogens (primary N) is 1. The van der Waals surface area contributed by atoms with Gasteiger partial charge >= 0.3 is 0 Å². The van der Waals surface area contributed by atoms with Gasteiger partial charge in [0, 0.05) is 12.5 Å². The molecule has 1 atom stereocenters. The van der Waals surface area contributed by atoms with E-state index in [1.165, 1.54) is 0 Å². The summed E-state index contributed by atoms with van der Waals surface area (Å²) < 4.78 is 6.70. The number of fused-ring (bicyclic) bond motifs is 1. The van der Waals surface area contributed by atoms with Gasteiger partial charge in [-0.05, 0) is 40.0 Å². The molecule has 0 spiro atoms. The first-order chi connectivity index (χ1) is 9.74. The minimum absolute atomic E-state index is 0.00894. The number of nitrogens with zero attached hydrogens (tertiary/aromatic N) is 1. The van der Waals surface area contributed by atoms with E-state index in [0.29, 0.717) is 0 Å². The van der Waals surface area contributed by atoms with E-state index in [1.807, 2.05) is 48.5 Å². The van der Waals surface area contributed by atoms with E-state index >= 15 is 0 Å². The van der Waals surface area contributed by atoms with Crippen LogP contribution in [0.25, 0.3) is 11.1 Å². The van der Waals surface area contributed by atoms with Crippen molar-refractivity contribution in [3.8, 4) is 0 Å². The standard InChI is InChI=1S/C16H15BrN2O/c17-12-7-4-8-14-16(12)20-15(19-14)10-9-13(18)11-5-2-1-3-6-11/h1-8,13H,9-10,18H2. The molecule has 0 fully saturated rings. The SMILES string of the molecule is NC(CCc1nc2cccc(Br)c2o1)c1ccccc1. The Morgan fingerprint density at radius 3 is 2.65 bits per heavy atom. The van der Waals surface area contributed by atoms with Gasteiger partial charge in [0.25, 0.3) is 0 Å². The molecule has 0 saturated carbocycles. The average molecular weight is 331 g/mol. The molecule has 2 N–H and O–H groups in total. The summed E-state index contributed by atoms with van der Waals surface area (Å²) in [6, 6.07) is 16.0. The maximum atomic E-state index is 6.19. The molecule has 0 radical (unpaired) electrons. The number of oxazole rings is 1. The first-order valence-electron chi connectivity index (χ1n) is 6.58. The molecule has 4 heteroatoms. The summed E-state index contributed by atoms with van der Waals surface area (Å²) in [6.45, 7) is 0. The van der Waals surface area contributed by atoms with Crippen LogP contribution in [0.4, 0.5) is 0 Å². The van der Waals surface area contributed by atoms with Gasteiger partial charge in [0.2, 0.25) is 0 Å². The molecule has 102 valence electrons. The molecule has 1 aromatic heterocycles. The van der Waals surface area contributed by atoms with Gasteiger partial charge < -0.3 is 10.2 Å². The van der Waals surface area contributed by atoms with Crippen molar-refractivity contribution in [3.05, 3.63) is 64.5 Å². The lowest BCUT2D eigenvalue weighted by molar-refractivity contribution is 0.500. The molecular formula is C16H15BrN2O. The maximum absolute atomic E-state index is 6.19. The minimum atomic E-state index is 0.00894. The highest BCUT2D eigenvalue weighted by molar-refractivity contribution is 9.10. The molecule has 0 aliphatic heterocycles. The Morgan fingerprint density at radius 1 is 1.10 bits per heavy atom. The van der Waals surface area contributed by atoms with Gasteiger partial charge in [-0.1, -0.05) is 36.4 Å². The Bertz CT molecular complexity index is 709. The summed E-state index contributed by atoms with van der Waals surface area (Å²) in [6.07, 6.45) is 1.55. The summed E-state index contributed by atoms with van der Waals surface area (Å²) in [5.74, 6) is 0.735. The van der Waals surface area contributed by atoms with Crippen molar-refractivity contribution in [1.82, 2.24) is 4.98 Å². The van der Waals surface area contributed by atoms with E-state index in [2.05, 4.69) is 20.9 Å². The quantitative estimate of drug-likeness (QED) is 0.779. The van der Waals surface area contributed by atoms with Crippen LogP contribution in [0.3, 0.4) is 0 Å². The van der Waals surface area contributed by atoms with Crippen molar-refractivity contribution in [3.63, 3.8) is 0 Å². The minimum Gasteiger partial charge on any atom is -0.440 e. The number of halogens is 1. The molecule has 3 aromatic rings. The van der Waals surface area contributed by atoms with Gasteiger partial charge in [-0.2, -0.15) is 0 Å². The van der Waals surface area contributed by atoms with Gasteiger partial charge in [-0.3, -0.25) is 0 Å². The normalized spacial score (nSPS) is 12.7. The third-order valence-corrected chi connectivity index (χ3v) is 3.93. The number of hydrogen-bond acceptors (Lipinski definition) is 3. The first kappa shape index (κ1) is 13.3. The van der Waals surface area contributed by atoms with E-state index in [0.717, 1.165) is 39.9 Å². The van der Waals surface area contributed by atoms with Crippen molar-refractivity contribution in [1.29, 1.82) is 0 Å². The van der Waals surface area contributed by atoms with Gasteiger partial charge in [0.15, 0.2) is 11.5 Å². The number of para-hydroxylation sites is 1. The highest BCUT2D eigenvalue weighted by atomic mass is 79.9. The topological polar surface area (TPSA) is 52.0 Å². The molecular weight excluding hydrogens is 316 g/mol. The van der Waals surface area contributed by atoms with E-state index in [1.54, 1.807) is 0 Å². The maximum Gasteiger partial charge on any atom is 0.195 e. The lowest BCUT2D eigenvalue weighted by Gasteiger charge is -2.10. The number of benzene rings is 2. The van der Waals surface area contributed by atoms with Crippen LogP contribution in [0, 0.1) is 0 Å². The smallest absolute Gasteiger partial charge is 0.195 e. The average Bonchev–Trinajstić information content (AvgIpc) is 2.90. The van der Waals surface area contributed by atoms with E-state index in [9.17, 15) is 0 Å². The van der Waals surface area contributed by atoms with Crippen LogP contribution in [0.5, 0.6) is 0 Å². The van der Waals surface area contributed by atoms with Crippen molar-refractivity contribution < 1.29 is 4.42 Å². The van der Waals surface area contributed by atoms with Gasteiger partial charge in [-0.15, -0.1) is 0 Å². The van der Waals surface area contributed by atoms with E-state index < -0.39 is 0 Å². The summed E-state index contributed by atoms with van der Waals surface area (Å²) in [5, 5.41) is 0. The zero-order chi connectivity index (χ0) is 13.9. The van der Waals surface area contributed by atoms with E-state index in [-0.39, 0.29) is 6.04 Å². The molecule has 1 unspecified atom stereocenters. The van der Waals surface area contributed by atoms with Crippen molar-refractivity contribution in [2.24, 2.45) is 5.73 Å². The first-order valence-corrected chi connectivity index (χ1v) is 7.38. The second-order valence-corrected chi connectivity index (χ2v) is 5.61. The Hall–Kier alpha value is -1.65. The van der Waals surface area contributed by atoms with Crippen LogP contribution >= 0.6 is 15.9 Å². The van der Waals surface area contributed by atoms with Crippen LogP contribution in [0.2, 0.25) is 0 Å². The van der Waals surface area contributed by atoms with Gasteiger partial charge in [0.1, 0.15) is 5.52 Å². The largest absolute Gasteiger partial charge is 0.440 e. The Morgan fingerprint density at radius 2 is 1.90 bits per heavy atom. The molecule has 0 saturated heterocycles. The third-order valence-electron chi connectivity index (χ3n) is 3.31. The highest BCUT2D eigenvalue weighted by Gasteiger charge is 2.11. The predicted molar refractivity (Wildman–Crippen MR) is 83.4 cm³/mol. The molecule has 3 nitrogen and oxygen atoms in total. The fourth-order valence-corrected chi connectivity index (χ4v) is 2.65. The second-order valence-electron chi connectivity index (χ2n) is 4.75. The number of aryl methyl sites for hydroxylation is 1. The molecule has 0 bridgehead atoms. The fraction of sp³-hybridized carbons (Fsp3) is 0.188.